The summed E-state index contributed by atoms with van der Waals surface area (Å²) in [5, 5.41) is 2.57. The molecular formula is C10H14N2O. The summed E-state index contributed by atoms with van der Waals surface area (Å²) in [5.41, 5.74) is 2.10. The van der Waals surface area contributed by atoms with Crippen LogP contribution in [0.1, 0.15) is 31.0 Å². The second-order valence-corrected chi connectivity index (χ2v) is 3.24. The molecule has 0 fully saturated rings. The molecule has 1 N–H and O–H groups in total. The number of pyridine rings is 1. The van der Waals surface area contributed by atoms with E-state index in [1.807, 2.05) is 18.3 Å². The molecule has 0 saturated heterocycles. The average Bonchev–Trinajstić information content (AvgIpc) is 2.15. The zero-order valence-electron chi connectivity index (χ0n) is 7.95. The van der Waals surface area contributed by atoms with Crippen LogP contribution in [0.2, 0.25) is 0 Å². The van der Waals surface area contributed by atoms with Crippen LogP contribution < -0.4 is 5.32 Å². The van der Waals surface area contributed by atoms with Gasteiger partial charge in [0.2, 0.25) is 6.41 Å². The molecule has 0 radical (unpaired) electrons. The Morgan fingerprint density at radius 3 is 2.77 bits per heavy atom. The molecule has 1 aromatic rings. The molecule has 3 nitrogen and oxygen atoms in total. The van der Waals surface area contributed by atoms with Crippen molar-refractivity contribution in [3.05, 3.63) is 29.6 Å². The molecule has 3 heteroatoms. The lowest BCUT2D eigenvalue weighted by atomic mass is 10.1. The summed E-state index contributed by atoms with van der Waals surface area (Å²) in [5.74, 6) is 0.501. The number of aromatic nitrogens is 1. The Morgan fingerprint density at radius 1 is 1.54 bits per heavy atom. The Labute approximate surface area is 78.2 Å². The van der Waals surface area contributed by atoms with E-state index in [2.05, 4.69) is 24.1 Å². The number of rotatable bonds is 4. The molecule has 70 valence electrons. The molecule has 0 bridgehead atoms. The number of nitrogens with zero attached hydrogens (tertiary/aromatic N) is 1. The first-order chi connectivity index (χ1) is 6.24. The highest BCUT2D eigenvalue weighted by atomic mass is 16.1. The van der Waals surface area contributed by atoms with Crippen molar-refractivity contribution in [2.24, 2.45) is 0 Å². The lowest BCUT2D eigenvalue weighted by Crippen LogP contribution is -2.10. The quantitative estimate of drug-likeness (QED) is 0.709. The number of hydrogen-bond acceptors (Lipinski definition) is 2. The Balaban J connectivity index is 2.64. The second-order valence-electron chi connectivity index (χ2n) is 3.24. The van der Waals surface area contributed by atoms with Crippen molar-refractivity contribution >= 4 is 6.41 Å². The largest absolute Gasteiger partial charge is 0.353 e. The number of amides is 1. The molecule has 0 atom stereocenters. The van der Waals surface area contributed by atoms with Gasteiger partial charge in [-0.05, 0) is 17.5 Å². The normalized spacial score (nSPS) is 10.1. The molecule has 0 aliphatic rings. The second kappa shape index (κ2) is 4.60. The van der Waals surface area contributed by atoms with Gasteiger partial charge in [0.15, 0.2) is 0 Å². The minimum absolute atomic E-state index is 0.501. The van der Waals surface area contributed by atoms with Crippen LogP contribution >= 0.6 is 0 Å². The maximum atomic E-state index is 10.0. The highest BCUT2D eigenvalue weighted by Crippen LogP contribution is 2.12. The van der Waals surface area contributed by atoms with Crippen LogP contribution in [0.3, 0.4) is 0 Å². The SMILES string of the molecule is CC(C)c1ccc(CNC=O)nc1. The van der Waals surface area contributed by atoms with E-state index in [-0.39, 0.29) is 0 Å². The molecule has 1 amide bonds. The van der Waals surface area contributed by atoms with E-state index in [4.69, 9.17) is 0 Å². The van der Waals surface area contributed by atoms with Crippen LogP contribution in [-0.4, -0.2) is 11.4 Å². The van der Waals surface area contributed by atoms with Crippen molar-refractivity contribution < 1.29 is 4.79 Å². The van der Waals surface area contributed by atoms with E-state index < -0.39 is 0 Å². The summed E-state index contributed by atoms with van der Waals surface area (Å²) in [6.07, 6.45) is 2.53. The van der Waals surface area contributed by atoms with Crippen LogP contribution in [0.15, 0.2) is 18.3 Å². The van der Waals surface area contributed by atoms with Crippen molar-refractivity contribution in [1.29, 1.82) is 0 Å². The Kier molecular flexibility index (Phi) is 3.43. The lowest BCUT2D eigenvalue weighted by Gasteiger charge is -2.05. The van der Waals surface area contributed by atoms with Gasteiger partial charge in [-0.3, -0.25) is 9.78 Å². The van der Waals surface area contributed by atoms with Crippen LogP contribution in [0.5, 0.6) is 0 Å². The van der Waals surface area contributed by atoms with Gasteiger partial charge in [0.1, 0.15) is 0 Å². The van der Waals surface area contributed by atoms with Gasteiger partial charge < -0.3 is 5.32 Å². The van der Waals surface area contributed by atoms with Crippen molar-refractivity contribution in [2.45, 2.75) is 26.3 Å². The van der Waals surface area contributed by atoms with Gasteiger partial charge >= 0.3 is 0 Å². The van der Waals surface area contributed by atoms with E-state index in [1.165, 1.54) is 5.56 Å². The van der Waals surface area contributed by atoms with Gasteiger partial charge in [0.25, 0.3) is 0 Å². The molecule has 1 heterocycles. The van der Waals surface area contributed by atoms with Crippen LogP contribution in [0.25, 0.3) is 0 Å². The van der Waals surface area contributed by atoms with Crippen LogP contribution in [0, 0.1) is 0 Å². The van der Waals surface area contributed by atoms with E-state index in [1.54, 1.807) is 0 Å². The van der Waals surface area contributed by atoms with Crippen molar-refractivity contribution in [3.63, 3.8) is 0 Å². The minimum Gasteiger partial charge on any atom is -0.353 e. The average molecular weight is 178 g/mol. The smallest absolute Gasteiger partial charge is 0.207 e. The molecule has 0 saturated carbocycles. The predicted octanol–water partition coefficient (Wildman–Crippen LogP) is 1.45. The molecule has 0 aromatic carbocycles. The fraction of sp³-hybridized carbons (Fsp3) is 0.400. The maximum absolute atomic E-state index is 10.0. The van der Waals surface area contributed by atoms with Crippen molar-refractivity contribution in [2.75, 3.05) is 0 Å². The zero-order chi connectivity index (χ0) is 9.68. The molecule has 0 unspecified atom stereocenters. The molecular weight excluding hydrogens is 164 g/mol. The number of nitrogens with one attached hydrogen (secondary N) is 1. The summed E-state index contributed by atoms with van der Waals surface area (Å²) in [4.78, 5) is 14.2. The zero-order valence-corrected chi connectivity index (χ0v) is 7.95. The van der Waals surface area contributed by atoms with E-state index in [9.17, 15) is 4.79 Å². The minimum atomic E-state index is 0.501. The molecule has 0 spiro atoms. The summed E-state index contributed by atoms with van der Waals surface area (Å²) in [6.45, 7) is 4.75. The first kappa shape index (κ1) is 9.71. The molecule has 1 rings (SSSR count). The fourth-order valence-corrected chi connectivity index (χ4v) is 1.03. The highest BCUT2D eigenvalue weighted by molar-refractivity contribution is 5.45. The van der Waals surface area contributed by atoms with Crippen molar-refractivity contribution in [3.8, 4) is 0 Å². The number of carbonyl (C=O) groups excluding carboxylic acids is 1. The number of hydrogen-bond donors (Lipinski definition) is 1. The van der Waals surface area contributed by atoms with Gasteiger partial charge in [-0.25, -0.2) is 0 Å². The molecule has 13 heavy (non-hydrogen) atoms. The predicted molar refractivity (Wildman–Crippen MR) is 51.2 cm³/mol. The molecule has 0 aliphatic carbocycles. The third-order valence-electron chi connectivity index (χ3n) is 1.88. The Morgan fingerprint density at radius 2 is 2.31 bits per heavy atom. The number of carbonyl (C=O) groups is 1. The summed E-state index contributed by atoms with van der Waals surface area (Å²) < 4.78 is 0. The van der Waals surface area contributed by atoms with Crippen LogP contribution in [-0.2, 0) is 11.3 Å². The summed E-state index contributed by atoms with van der Waals surface area (Å²) in [7, 11) is 0. The first-order valence-corrected chi connectivity index (χ1v) is 4.36. The standard InChI is InChI=1S/C10H14N2O/c1-8(2)9-3-4-10(12-5-9)6-11-7-13/h3-5,7-8H,6H2,1-2H3,(H,11,13). The van der Waals surface area contributed by atoms with Gasteiger partial charge in [0, 0.05) is 6.20 Å². The summed E-state index contributed by atoms with van der Waals surface area (Å²) >= 11 is 0. The lowest BCUT2D eigenvalue weighted by molar-refractivity contribution is -0.109. The van der Waals surface area contributed by atoms with Gasteiger partial charge in [-0.1, -0.05) is 19.9 Å². The van der Waals surface area contributed by atoms with Crippen LogP contribution in [0.4, 0.5) is 0 Å². The summed E-state index contributed by atoms with van der Waals surface area (Å²) in [6, 6.07) is 3.98. The topological polar surface area (TPSA) is 42.0 Å². The maximum Gasteiger partial charge on any atom is 0.207 e. The highest BCUT2D eigenvalue weighted by Gasteiger charge is 1.99. The Hall–Kier alpha value is -1.38. The van der Waals surface area contributed by atoms with E-state index in [0.717, 1.165) is 5.69 Å². The van der Waals surface area contributed by atoms with E-state index >= 15 is 0 Å². The fourth-order valence-electron chi connectivity index (χ4n) is 1.03. The third-order valence-corrected chi connectivity index (χ3v) is 1.88. The van der Waals surface area contributed by atoms with Gasteiger partial charge in [-0.2, -0.15) is 0 Å². The van der Waals surface area contributed by atoms with Gasteiger partial charge in [0.05, 0.1) is 12.2 Å². The molecule has 1 aromatic heterocycles. The van der Waals surface area contributed by atoms with Gasteiger partial charge in [-0.15, -0.1) is 0 Å². The Bertz CT molecular complexity index is 267. The first-order valence-electron chi connectivity index (χ1n) is 4.36. The van der Waals surface area contributed by atoms with E-state index in [0.29, 0.717) is 18.9 Å². The monoisotopic (exact) mass is 178 g/mol. The third kappa shape index (κ3) is 2.86. The molecule has 0 aliphatic heterocycles. The van der Waals surface area contributed by atoms with Crippen molar-refractivity contribution in [1.82, 2.24) is 10.3 Å².